The standard InChI is InChI=1S/C38H60N6O6Si/c1-13-48-26-18-16-25(17-19-26)43(35(47)49-38(8,9)10)33-27(20-21-29(36(2,3)4)50-51(11)12)32(41-30-22-23-39-44(30)33)40-28-15-14-24-42(34(45)46)31(28)37(5,6)7/h16-19,22-23,28-29,31,51H,13-15,20-21,24H2,1-12H3,(H,40,41)(H,45,46)/t28?,29?,31-/m1/s1. The maximum atomic E-state index is 14.4. The largest absolute Gasteiger partial charge is 0.494 e. The van der Waals surface area contributed by atoms with Crippen LogP contribution in [0.1, 0.15) is 94.1 Å². The summed E-state index contributed by atoms with van der Waals surface area (Å²) in [5.74, 6) is 1.76. The van der Waals surface area contributed by atoms with Gasteiger partial charge >= 0.3 is 12.2 Å². The van der Waals surface area contributed by atoms with Crippen molar-refractivity contribution >= 4 is 44.2 Å². The Morgan fingerprint density at radius 3 is 2.27 bits per heavy atom. The number of hydrogen-bond donors (Lipinski definition) is 2. The summed E-state index contributed by atoms with van der Waals surface area (Å²) in [5.41, 5.74) is 0.576. The highest BCUT2D eigenvalue weighted by molar-refractivity contribution is 6.48. The molecular formula is C38H60N6O6Si. The van der Waals surface area contributed by atoms with Crippen molar-refractivity contribution < 1.29 is 28.6 Å². The Morgan fingerprint density at radius 2 is 1.73 bits per heavy atom. The van der Waals surface area contributed by atoms with Gasteiger partial charge in [0.05, 0.1) is 24.5 Å². The molecule has 1 aliphatic heterocycles. The van der Waals surface area contributed by atoms with Gasteiger partial charge in [0.15, 0.2) is 20.5 Å². The molecule has 1 aromatic carbocycles. The van der Waals surface area contributed by atoms with E-state index in [0.717, 1.165) is 12.0 Å². The van der Waals surface area contributed by atoms with E-state index in [4.69, 9.17) is 24.0 Å². The van der Waals surface area contributed by atoms with E-state index in [2.05, 4.69) is 60.0 Å². The number of rotatable bonds is 11. The van der Waals surface area contributed by atoms with Crippen LogP contribution >= 0.6 is 0 Å². The van der Waals surface area contributed by atoms with E-state index in [1.807, 2.05) is 52.0 Å². The minimum atomic E-state index is -1.41. The van der Waals surface area contributed by atoms with Gasteiger partial charge in [-0.3, -0.25) is 0 Å². The number of carbonyl (C=O) groups excluding carboxylic acids is 1. The molecule has 0 radical (unpaired) electrons. The first-order chi connectivity index (χ1) is 23.7. The Labute approximate surface area is 305 Å². The zero-order valence-electron chi connectivity index (χ0n) is 32.7. The minimum absolute atomic E-state index is 0.0573. The number of aromatic nitrogens is 3. The lowest BCUT2D eigenvalue weighted by atomic mass is 9.77. The van der Waals surface area contributed by atoms with Gasteiger partial charge in [0.1, 0.15) is 17.2 Å². The number of ether oxygens (including phenoxy) is 2. The highest BCUT2D eigenvalue weighted by Gasteiger charge is 2.43. The number of nitrogens with zero attached hydrogens (tertiary/aromatic N) is 5. The fraction of sp³-hybridized carbons (Fsp3) is 0.632. The molecule has 2 N–H and O–H groups in total. The Bertz CT molecular complexity index is 1640. The molecule has 0 bridgehead atoms. The van der Waals surface area contributed by atoms with E-state index in [1.165, 1.54) is 0 Å². The van der Waals surface area contributed by atoms with Crippen LogP contribution in [-0.4, -0.2) is 82.8 Å². The predicted molar refractivity (Wildman–Crippen MR) is 205 cm³/mol. The first kappa shape index (κ1) is 39.9. The lowest BCUT2D eigenvalue weighted by Crippen LogP contribution is -2.58. The lowest BCUT2D eigenvalue weighted by molar-refractivity contribution is 0.0517. The molecule has 282 valence electrons. The Hall–Kier alpha value is -3.84. The van der Waals surface area contributed by atoms with Gasteiger partial charge in [0.2, 0.25) is 0 Å². The van der Waals surface area contributed by atoms with E-state index in [0.29, 0.717) is 61.1 Å². The maximum Gasteiger partial charge on any atom is 0.420 e. The molecule has 2 aromatic heterocycles. The monoisotopic (exact) mass is 724 g/mol. The van der Waals surface area contributed by atoms with E-state index < -0.39 is 26.8 Å². The Kier molecular flexibility index (Phi) is 12.4. The van der Waals surface area contributed by atoms with Gasteiger partial charge in [0, 0.05) is 30.3 Å². The van der Waals surface area contributed by atoms with Crippen LogP contribution in [0.3, 0.4) is 0 Å². The number of anilines is 3. The topological polar surface area (TPSA) is 131 Å². The van der Waals surface area contributed by atoms with E-state index in [1.54, 1.807) is 26.6 Å². The van der Waals surface area contributed by atoms with Crippen molar-refractivity contribution in [2.24, 2.45) is 10.8 Å². The number of fused-ring (bicyclic) bond motifs is 1. The third kappa shape index (κ3) is 9.94. The molecule has 0 saturated carbocycles. The second-order valence-corrected chi connectivity index (χ2v) is 19.2. The van der Waals surface area contributed by atoms with Crippen molar-refractivity contribution in [3.05, 3.63) is 42.1 Å². The van der Waals surface area contributed by atoms with E-state index >= 15 is 0 Å². The molecule has 3 atom stereocenters. The summed E-state index contributed by atoms with van der Waals surface area (Å²) in [7, 11) is -1.41. The first-order valence-corrected chi connectivity index (χ1v) is 21.0. The summed E-state index contributed by atoms with van der Waals surface area (Å²) in [6.45, 7) is 25.6. The number of likely N-dealkylation sites (tertiary alicyclic amines) is 1. The molecule has 0 spiro atoms. The zero-order chi connectivity index (χ0) is 37.9. The Morgan fingerprint density at radius 1 is 1.06 bits per heavy atom. The van der Waals surface area contributed by atoms with Crippen LogP contribution < -0.4 is 15.0 Å². The maximum absolute atomic E-state index is 14.4. The average Bonchev–Trinajstić information content (AvgIpc) is 3.47. The molecule has 3 heterocycles. The molecule has 1 saturated heterocycles. The summed E-state index contributed by atoms with van der Waals surface area (Å²) in [4.78, 5) is 35.2. The quantitative estimate of drug-likeness (QED) is 0.187. The highest BCUT2D eigenvalue weighted by Crippen LogP contribution is 2.40. The van der Waals surface area contributed by atoms with Crippen LogP contribution in [0, 0.1) is 10.8 Å². The zero-order valence-corrected chi connectivity index (χ0v) is 33.9. The summed E-state index contributed by atoms with van der Waals surface area (Å²) >= 11 is 0. The van der Waals surface area contributed by atoms with Crippen molar-refractivity contribution in [3.8, 4) is 5.75 Å². The van der Waals surface area contributed by atoms with Crippen molar-refractivity contribution in [2.45, 2.75) is 132 Å². The number of carboxylic acid groups (broad SMARTS) is 1. The lowest BCUT2D eigenvalue weighted by Gasteiger charge is -2.47. The first-order valence-electron chi connectivity index (χ1n) is 18.3. The van der Waals surface area contributed by atoms with Crippen LogP contribution in [0.5, 0.6) is 5.75 Å². The predicted octanol–water partition coefficient (Wildman–Crippen LogP) is 8.52. The van der Waals surface area contributed by atoms with E-state index in [-0.39, 0.29) is 29.0 Å². The molecule has 51 heavy (non-hydrogen) atoms. The normalized spacial score (nSPS) is 17.8. The number of piperidine rings is 1. The van der Waals surface area contributed by atoms with Crippen LogP contribution in [0.25, 0.3) is 5.65 Å². The molecule has 0 aliphatic carbocycles. The van der Waals surface area contributed by atoms with Crippen molar-refractivity contribution in [3.63, 3.8) is 0 Å². The number of amides is 2. The van der Waals surface area contributed by atoms with Gasteiger partial charge in [-0.2, -0.15) is 9.61 Å². The van der Waals surface area contributed by atoms with Crippen molar-refractivity contribution in [2.75, 3.05) is 23.4 Å². The number of benzene rings is 1. The highest BCUT2D eigenvalue weighted by atomic mass is 28.3. The minimum Gasteiger partial charge on any atom is -0.494 e. The molecule has 12 nitrogen and oxygen atoms in total. The second kappa shape index (κ2) is 15.8. The third-order valence-corrected chi connectivity index (χ3v) is 9.82. The second-order valence-electron chi connectivity index (χ2n) is 16.9. The molecule has 3 aromatic rings. The van der Waals surface area contributed by atoms with E-state index in [9.17, 15) is 14.7 Å². The van der Waals surface area contributed by atoms with Crippen molar-refractivity contribution in [1.82, 2.24) is 19.5 Å². The summed E-state index contributed by atoms with van der Waals surface area (Å²) in [5, 5.41) is 18.7. The smallest absolute Gasteiger partial charge is 0.420 e. The van der Waals surface area contributed by atoms with Gasteiger partial charge in [-0.1, -0.05) is 41.5 Å². The molecule has 13 heteroatoms. The summed E-state index contributed by atoms with van der Waals surface area (Å²) in [6.07, 6.45) is 2.73. The molecular weight excluding hydrogens is 665 g/mol. The van der Waals surface area contributed by atoms with Gasteiger partial charge < -0.3 is 29.2 Å². The molecule has 2 amide bonds. The Balaban J connectivity index is 1.99. The average molecular weight is 725 g/mol. The summed E-state index contributed by atoms with van der Waals surface area (Å²) in [6, 6.07) is 8.60. The van der Waals surface area contributed by atoms with Gasteiger partial charge in [-0.05, 0) is 102 Å². The van der Waals surface area contributed by atoms with Gasteiger partial charge in [-0.25, -0.2) is 19.5 Å². The van der Waals surface area contributed by atoms with Gasteiger partial charge in [0.25, 0.3) is 0 Å². The van der Waals surface area contributed by atoms with Gasteiger partial charge in [-0.15, -0.1) is 0 Å². The molecule has 2 unspecified atom stereocenters. The molecule has 1 aliphatic rings. The summed E-state index contributed by atoms with van der Waals surface area (Å²) < 4.78 is 20.1. The molecule has 1 fully saturated rings. The van der Waals surface area contributed by atoms with Crippen LogP contribution in [0.4, 0.5) is 26.9 Å². The number of carbonyl (C=O) groups is 2. The fourth-order valence-corrected chi connectivity index (χ4v) is 8.14. The number of hydrogen-bond acceptors (Lipinski definition) is 8. The van der Waals surface area contributed by atoms with Crippen molar-refractivity contribution in [1.29, 1.82) is 0 Å². The fourth-order valence-electron chi connectivity index (χ4n) is 6.94. The molecule has 4 rings (SSSR count). The van der Waals surface area contributed by atoms with Crippen LogP contribution in [-0.2, 0) is 15.6 Å². The SMILES string of the molecule is CCOc1ccc(N(C(=O)OC(C)(C)C)c2c(CCC(O[SiH](C)C)C(C)(C)C)c(NC3CCCN(C(=O)O)[C@H]3C(C)(C)C)nc3ccnn23)cc1. The van der Waals surface area contributed by atoms with Crippen LogP contribution in [0.2, 0.25) is 13.1 Å². The third-order valence-electron chi connectivity index (χ3n) is 8.94. The number of nitrogens with one attached hydrogen (secondary N) is 1. The van der Waals surface area contributed by atoms with Crippen LogP contribution in [0.15, 0.2) is 36.5 Å².